The fraction of sp³-hybridized carbons (Fsp3) is 0.359. The largest absolute Gasteiger partial charge is 0.455 e. The maximum Gasteiger partial charge on any atom is 0.241 e. The van der Waals surface area contributed by atoms with Crippen molar-refractivity contribution in [3.05, 3.63) is 224 Å². The van der Waals surface area contributed by atoms with Crippen molar-refractivity contribution in [1.29, 1.82) is 0 Å². The van der Waals surface area contributed by atoms with Gasteiger partial charge in [0.25, 0.3) is 0 Å². The maximum atomic E-state index is 7.32. The molecular weight excluding hydrogens is 1100 g/mol. The van der Waals surface area contributed by atoms with Crippen molar-refractivity contribution in [2.24, 2.45) is 0 Å². The molecule has 12 rings (SSSR count). The Kier molecular flexibility index (Phi) is 15.7. The van der Waals surface area contributed by atoms with Crippen molar-refractivity contribution in [3.8, 4) is 11.5 Å². The maximum absolute atomic E-state index is 7.32. The predicted octanol–water partition coefficient (Wildman–Crippen LogP) is 20.3. The lowest BCUT2D eigenvalue weighted by molar-refractivity contribution is -0.433. The van der Waals surface area contributed by atoms with Gasteiger partial charge in [-0.15, -0.1) is 0 Å². The van der Waals surface area contributed by atoms with Crippen LogP contribution in [0.2, 0.25) is 0 Å². The molecule has 0 amide bonds. The summed E-state index contributed by atoms with van der Waals surface area (Å²) in [6.07, 6.45) is 23.2. The zero-order chi connectivity index (χ0) is 60.6. The minimum absolute atomic E-state index is 0.150. The molecule has 86 heavy (non-hydrogen) atoms. The lowest BCUT2D eigenvalue weighted by Gasteiger charge is -2.26. The van der Waals surface area contributed by atoms with E-state index in [2.05, 4.69) is 267 Å². The highest BCUT2D eigenvalue weighted by Gasteiger charge is 2.47. The molecule has 0 N–H and O–H groups in total. The lowest BCUT2D eigenvalue weighted by Crippen LogP contribution is -2.27. The molecule has 4 aliphatic heterocycles. The van der Waals surface area contributed by atoms with Crippen molar-refractivity contribution in [3.63, 3.8) is 0 Å². The third kappa shape index (κ3) is 9.86. The van der Waals surface area contributed by atoms with Crippen LogP contribution in [0, 0.1) is 0 Å². The molecule has 0 unspecified atom stereocenters. The van der Waals surface area contributed by atoms with E-state index in [1.165, 1.54) is 112 Å². The minimum atomic E-state index is -0.468. The number of rotatable bonds is 16. The molecule has 2 aliphatic carbocycles. The third-order valence-corrected chi connectivity index (χ3v) is 20.8. The van der Waals surface area contributed by atoms with Crippen LogP contribution in [-0.2, 0) is 21.7 Å². The molecule has 6 nitrogen and oxygen atoms in total. The Labute approximate surface area is 522 Å². The first-order chi connectivity index (χ1) is 41.3. The van der Waals surface area contributed by atoms with Crippen LogP contribution in [-0.4, -0.2) is 53.0 Å². The molecule has 442 valence electrons. The topological polar surface area (TPSA) is 31.0 Å². The van der Waals surface area contributed by atoms with Crippen molar-refractivity contribution in [2.45, 2.75) is 156 Å². The Balaban J connectivity index is 0.741. The SMILES string of the molecule is CCCC(Oc1ccc2c(c1)C(C)(C)C(=CC=C1CCC(C=CC3=[N+](CC)c4ccc5ccccc5c4C3(C)C)=C1Cl)N2CC)Oc1ccc2c(c1)C(C)(C)C(=CC=C1CCC(C=CC3=[N+](CC)c4ccc5ccccc5c4C3(C)C)=C1Cl)N2CC. The number of halogens is 2. The molecule has 0 atom stereocenters. The quantitative estimate of drug-likeness (QED) is 0.0714. The van der Waals surface area contributed by atoms with E-state index in [0.29, 0.717) is 0 Å². The number of anilines is 2. The standard InChI is InChI=1S/C78H86Cl2N4O2/c1-14-23-70(85-56-38-42-62-60(48-56)75(6,7)66(81(62)15-2)44-34-52-28-30-54(73(52)79)36-46-68-77(10,11)71-58-26-21-19-24-50(58)32-40-64(71)83(68)17-4)86-57-39-43-63-61(49-57)76(8,9)67(82(63)16-3)45-35-53-29-31-55(74(53)80)37-47-69-78(12,13)72-59-27-22-20-25-51(59)33-41-65(72)84(69)18-5/h19-22,24-27,32-49,70H,14-18,23,28-31H2,1-13H3/q+2. The summed E-state index contributed by atoms with van der Waals surface area (Å²) in [6, 6.07) is 39.8. The first-order valence-corrected chi connectivity index (χ1v) is 32.5. The van der Waals surface area contributed by atoms with Gasteiger partial charge in [0.2, 0.25) is 17.7 Å². The number of allylic oxidation sites excluding steroid dienone is 16. The van der Waals surface area contributed by atoms with Gasteiger partial charge >= 0.3 is 0 Å². The van der Waals surface area contributed by atoms with Gasteiger partial charge in [-0.25, -0.2) is 0 Å². The Morgan fingerprint density at radius 3 is 1.30 bits per heavy atom. The van der Waals surface area contributed by atoms with E-state index in [1.54, 1.807) is 0 Å². The number of nitrogens with zero attached hydrogens (tertiary/aromatic N) is 4. The molecule has 0 bridgehead atoms. The fourth-order valence-corrected chi connectivity index (χ4v) is 15.9. The van der Waals surface area contributed by atoms with Gasteiger partial charge in [0.15, 0.2) is 11.4 Å². The number of hydrogen-bond donors (Lipinski definition) is 0. The highest BCUT2D eigenvalue weighted by Crippen LogP contribution is 2.52. The first kappa shape index (κ1) is 59.2. The molecule has 8 heteroatoms. The van der Waals surface area contributed by atoms with E-state index >= 15 is 0 Å². The van der Waals surface area contributed by atoms with Crippen LogP contribution in [0.1, 0.15) is 151 Å². The summed E-state index contributed by atoms with van der Waals surface area (Å²) in [6.45, 7) is 33.4. The van der Waals surface area contributed by atoms with Crippen LogP contribution in [0.3, 0.4) is 0 Å². The van der Waals surface area contributed by atoms with Gasteiger partial charge in [-0.05, 0) is 203 Å². The fourth-order valence-electron chi connectivity index (χ4n) is 15.3. The van der Waals surface area contributed by atoms with Crippen LogP contribution < -0.4 is 19.3 Å². The van der Waals surface area contributed by atoms with Crippen molar-refractivity contribution in [2.75, 3.05) is 36.0 Å². The van der Waals surface area contributed by atoms with Crippen LogP contribution in [0.15, 0.2) is 202 Å². The monoisotopic (exact) mass is 1180 g/mol. The number of ether oxygens (including phenoxy) is 2. The zero-order valence-corrected chi connectivity index (χ0v) is 54.5. The van der Waals surface area contributed by atoms with E-state index in [0.717, 1.165) is 86.3 Å². The van der Waals surface area contributed by atoms with Gasteiger partial charge in [-0.2, -0.15) is 9.15 Å². The van der Waals surface area contributed by atoms with Gasteiger partial charge in [0.1, 0.15) is 24.6 Å². The average molecular weight is 1180 g/mol. The number of likely N-dealkylation sites (N-methyl/N-ethyl adjacent to an activating group) is 2. The number of benzene rings is 6. The van der Waals surface area contributed by atoms with Gasteiger partial charge in [-0.3, -0.25) is 0 Å². The molecule has 6 aromatic carbocycles. The average Bonchev–Trinajstić information content (AvgIpc) is 1.65. The molecule has 6 aliphatic rings. The van der Waals surface area contributed by atoms with Crippen molar-refractivity contribution >= 4 is 78.9 Å². The third-order valence-electron chi connectivity index (χ3n) is 19.8. The second-order valence-corrected chi connectivity index (χ2v) is 27.0. The normalized spacial score (nSPS) is 21.4. The van der Waals surface area contributed by atoms with Gasteiger partial charge < -0.3 is 19.3 Å². The minimum Gasteiger partial charge on any atom is -0.455 e. The molecule has 0 saturated carbocycles. The first-order valence-electron chi connectivity index (χ1n) is 31.8. The summed E-state index contributed by atoms with van der Waals surface area (Å²) in [5, 5.41) is 6.96. The van der Waals surface area contributed by atoms with E-state index in [1.807, 2.05) is 0 Å². The van der Waals surface area contributed by atoms with Crippen molar-refractivity contribution in [1.82, 2.24) is 0 Å². The summed E-state index contributed by atoms with van der Waals surface area (Å²) in [5.74, 6) is 1.62. The second kappa shape index (κ2) is 22.9. The molecule has 0 fully saturated rings. The van der Waals surface area contributed by atoms with Crippen LogP contribution in [0.5, 0.6) is 11.5 Å². The number of fused-ring (bicyclic) bond motifs is 8. The van der Waals surface area contributed by atoms with E-state index < -0.39 is 6.29 Å². The summed E-state index contributed by atoms with van der Waals surface area (Å²) >= 11 is 14.6. The van der Waals surface area contributed by atoms with E-state index in [-0.39, 0.29) is 21.7 Å². The molecular formula is C78H86Cl2N4O2+2. The molecule has 0 aromatic heterocycles. The molecule has 6 aromatic rings. The summed E-state index contributed by atoms with van der Waals surface area (Å²) in [5.41, 5.74) is 19.3. The highest BCUT2D eigenvalue weighted by molar-refractivity contribution is 6.33. The van der Waals surface area contributed by atoms with Gasteiger partial charge in [0, 0.05) is 98.6 Å². The van der Waals surface area contributed by atoms with E-state index in [9.17, 15) is 0 Å². The Morgan fingerprint density at radius 1 is 0.488 bits per heavy atom. The van der Waals surface area contributed by atoms with Crippen LogP contribution in [0.4, 0.5) is 22.7 Å². The van der Waals surface area contributed by atoms with Crippen molar-refractivity contribution < 1.29 is 18.6 Å². The Hall–Kier alpha value is -7.12. The zero-order valence-electron chi connectivity index (χ0n) is 53.0. The summed E-state index contributed by atoms with van der Waals surface area (Å²) < 4.78 is 18.7. The molecule has 0 spiro atoms. The molecule has 0 saturated heterocycles. The summed E-state index contributed by atoms with van der Waals surface area (Å²) in [7, 11) is 0. The number of hydrogen-bond acceptors (Lipinski definition) is 4. The highest BCUT2D eigenvalue weighted by atomic mass is 35.5. The second-order valence-electron chi connectivity index (χ2n) is 26.3. The van der Waals surface area contributed by atoms with Gasteiger partial charge in [0.05, 0.1) is 10.8 Å². The predicted molar refractivity (Wildman–Crippen MR) is 365 cm³/mol. The van der Waals surface area contributed by atoms with Gasteiger partial charge in [-0.1, -0.05) is 131 Å². The molecule has 0 radical (unpaired) electrons. The molecule has 4 heterocycles. The Morgan fingerprint density at radius 2 is 0.907 bits per heavy atom. The smallest absolute Gasteiger partial charge is 0.241 e. The van der Waals surface area contributed by atoms with Crippen LogP contribution in [0.25, 0.3) is 21.5 Å². The van der Waals surface area contributed by atoms with E-state index in [4.69, 9.17) is 32.7 Å². The summed E-state index contributed by atoms with van der Waals surface area (Å²) in [4.78, 5) is 4.89. The van der Waals surface area contributed by atoms with Crippen LogP contribution >= 0.6 is 23.2 Å². The Bertz CT molecular complexity index is 3850. The lowest BCUT2D eigenvalue weighted by atomic mass is 9.79.